The molecule has 0 spiro atoms. The largest absolute Gasteiger partial charge is 0.465 e. The van der Waals surface area contributed by atoms with Crippen molar-refractivity contribution in [2.24, 2.45) is 0 Å². The highest BCUT2D eigenvalue weighted by Gasteiger charge is 2.31. The van der Waals surface area contributed by atoms with Crippen molar-refractivity contribution in [1.82, 2.24) is 0 Å². The van der Waals surface area contributed by atoms with Crippen molar-refractivity contribution < 1.29 is 35.9 Å². The second-order valence-electron chi connectivity index (χ2n) is 7.72. The van der Waals surface area contributed by atoms with Crippen molar-refractivity contribution in [2.45, 2.75) is 24.9 Å². The number of esters is 1. The van der Waals surface area contributed by atoms with E-state index in [2.05, 4.69) is 5.32 Å². The van der Waals surface area contributed by atoms with Crippen molar-refractivity contribution >= 4 is 33.3 Å². The molecule has 0 radical (unpaired) electrons. The Bertz CT molecular complexity index is 1390. The van der Waals surface area contributed by atoms with Gasteiger partial charge in [-0.2, -0.15) is 13.2 Å². The summed E-state index contributed by atoms with van der Waals surface area (Å²) in [6.07, 6.45) is -4.58. The van der Waals surface area contributed by atoms with Gasteiger partial charge in [0.25, 0.3) is 15.9 Å². The molecule has 3 aromatic rings. The highest BCUT2D eigenvalue weighted by Crippen LogP contribution is 2.30. The summed E-state index contributed by atoms with van der Waals surface area (Å²) >= 11 is 0. The molecule has 190 valence electrons. The van der Waals surface area contributed by atoms with Gasteiger partial charge in [0.05, 0.1) is 28.8 Å². The maximum Gasteiger partial charge on any atom is 0.416 e. The van der Waals surface area contributed by atoms with Crippen LogP contribution in [0.1, 0.15) is 38.8 Å². The lowest BCUT2D eigenvalue weighted by molar-refractivity contribution is -0.137. The van der Waals surface area contributed by atoms with Gasteiger partial charge >= 0.3 is 12.1 Å². The van der Waals surface area contributed by atoms with Crippen molar-refractivity contribution in [3.8, 4) is 0 Å². The molecular formula is C25H23F3N2O5S. The van der Waals surface area contributed by atoms with Crippen molar-refractivity contribution in [3.05, 3.63) is 89.0 Å². The third kappa shape index (κ3) is 5.68. The number of anilines is 2. The van der Waals surface area contributed by atoms with Crippen LogP contribution in [0.25, 0.3) is 0 Å². The average Bonchev–Trinajstić information content (AvgIpc) is 2.84. The number of hydrogen-bond acceptors (Lipinski definition) is 5. The Labute approximate surface area is 206 Å². The standard InChI is InChI=1S/C25H23F3N2O5S/c1-4-30(36(33,34)21-13-8-16(2)22(15-21)24(32)35-3)20-11-9-19(10-12-20)29-23(31)17-6-5-7-18(14-17)25(26,27)28/h5-15H,4H2,1-3H3,(H,29,31). The first-order chi connectivity index (χ1) is 16.9. The van der Waals surface area contributed by atoms with Crippen LogP contribution in [0.2, 0.25) is 0 Å². The Balaban J connectivity index is 1.84. The van der Waals surface area contributed by atoms with E-state index in [0.29, 0.717) is 5.56 Å². The molecule has 0 aliphatic heterocycles. The normalized spacial score (nSPS) is 11.6. The van der Waals surface area contributed by atoms with Crippen molar-refractivity contribution in [3.63, 3.8) is 0 Å². The number of benzene rings is 3. The summed E-state index contributed by atoms with van der Waals surface area (Å²) in [4.78, 5) is 24.3. The third-order valence-electron chi connectivity index (χ3n) is 5.35. The first-order valence-corrected chi connectivity index (χ1v) is 12.1. The molecule has 0 aliphatic carbocycles. The summed E-state index contributed by atoms with van der Waals surface area (Å²) in [5, 5.41) is 2.50. The zero-order chi connectivity index (χ0) is 26.7. The third-order valence-corrected chi connectivity index (χ3v) is 7.25. The Morgan fingerprint density at radius 3 is 2.25 bits per heavy atom. The number of sulfonamides is 1. The lowest BCUT2D eigenvalue weighted by Crippen LogP contribution is -2.31. The van der Waals surface area contributed by atoms with Crippen LogP contribution in [0.5, 0.6) is 0 Å². The molecule has 7 nitrogen and oxygen atoms in total. The van der Waals surface area contributed by atoms with E-state index in [9.17, 15) is 31.2 Å². The predicted octanol–water partition coefficient (Wildman–Crippen LogP) is 5.27. The molecule has 0 aliphatic rings. The van der Waals surface area contributed by atoms with Crippen molar-refractivity contribution in [1.29, 1.82) is 0 Å². The Kier molecular flexibility index (Phi) is 7.73. The number of amides is 1. The van der Waals surface area contributed by atoms with Gasteiger partial charge in [0, 0.05) is 17.8 Å². The molecule has 0 saturated carbocycles. The molecule has 0 bridgehead atoms. The molecule has 3 aromatic carbocycles. The first-order valence-electron chi connectivity index (χ1n) is 10.7. The van der Waals surface area contributed by atoms with Crippen LogP contribution < -0.4 is 9.62 Å². The maximum absolute atomic E-state index is 13.3. The molecule has 3 rings (SSSR count). The van der Waals surface area contributed by atoms with Gasteiger partial charge in [-0.15, -0.1) is 0 Å². The number of nitrogens with zero attached hydrogens (tertiary/aromatic N) is 1. The fraction of sp³-hybridized carbons (Fsp3) is 0.200. The van der Waals surface area contributed by atoms with Gasteiger partial charge in [-0.3, -0.25) is 9.10 Å². The summed E-state index contributed by atoms with van der Waals surface area (Å²) in [5.41, 5.74) is 0.118. The van der Waals surface area contributed by atoms with E-state index in [-0.39, 0.29) is 33.9 Å². The molecule has 11 heteroatoms. The summed E-state index contributed by atoms with van der Waals surface area (Å²) in [7, 11) is -2.85. The van der Waals surface area contributed by atoms with Crippen molar-refractivity contribution in [2.75, 3.05) is 23.3 Å². The van der Waals surface area contributed by atoms with Crippen LogP contribution in [-0.2, 0) is 20.9 Å². The van der Waals surface area contributed by atoms with Gasteiger partial charge in [0.2, 0.25) is 0 Å². The van der Waals surface area contributed by atoms with E-state index in [0.717, 1.165) is 22.5 Å². The number of alkyl halides is 3. The van der Waals surface area contributed by atoms with E-state index < -0.39 is 33.6 Å². The van der Waals surface area contributed by atoms with Crippen LogP contribution in [0, 0.1) is 6.92 Å². The fourth-order valence-corrected chi connectivity index (χ4v) is 4.96. The van der Waals surface area contributed by atoms with E-state index in [4.69, 9.17) is 4.74 Å². The van der Waals surface area contributed by atoms with Crippen LogP contribution >= 0.6 is 0 Å². The molecule has 36 heavy (non-hydrogen) atoms. The zero-order valence-electron chi connectivity index (χ0n) is 19.6. The quantitative estimate of drug-likeness (QED) is 0.429. The fourth-order valence-electron chi connectivity index (χ4n) is 3.46. The number of nitrogens with one attached hydrogen (secondary N) is 1. The van der Waals surface area contributed by atoms with E-state index in [1.54, 1.807) is 13.8 Å². The van der Waals surface area contributed by atoms with Gasteiger partial charge in [0.1, 0.15) is 0 Å². The number of carbonyl (C=O) groups is 2. The van der Waals surface area contributed by atoms with Crippen LogP contribution in [-0.4, -0.2) is 33.9 Å². The lowest BCUT2D eigenvalue weighted by Gasteiger charge is -2.23. The lowest BCUT2D eigenvalue weighted by atomic mass is 10.1. The second kappa shape index (κ2) is 10.4. The minimum Gasteiger partial charge on any atom is -0.465 e. The molecule has 0 atom stereocenters. The van der Waals surface area contributed by atoms with Gasteiger partial charge in [-0.25, -0.2) is 13.2 Å². The number of rotatable bonds is 7. The Morgan fingerprint density at radius 2 is 1.67 bits per heavy atom. The number of carbonyl (C=O) groups excluding carboxylic acids is 2. The van der Waals surface area contributed by atoms with Gasteiger partial charge in [-0.1, -0.05) is 12.1 Å². The summed E-state index contributed by atoms with van der Waals surface area (Å²) < 4.78 is 71.2. The zero-order valence-corrected chi connectivity index (χ0v) is 20.4. The Morgan fingerprint density at radius 1 is 1.00 bits per heavy atom. The number of halogens is 3. The van der Waals surface area contributed by atoms with E-state index in [1.165, 1.54) is 55.6 Å². The minimum atomic E-state index is -4.58. The van der Waals surface area contributed by atoms with Crippen LogP contribution in [0.3, 0.4) is 0 Å². The maximum atomic E-state index is 13.3. The minimum absolute atomic E-state index is 0.0692. The smallest absolute Gasteiger partial charge is 0.416 e. The van der Waals surface area contributed by atoms with E-state index in [1.807, 2.05) is 0 Å². The molecular weight excluding hydrogens is 497 g/mol. The molecule has 1 amide bonds. The highest BCUT2D eigenvalue weighted by molar-refractivity contribution is 7.92. The Hall–Kier alpha value is -3.86. The SMILES string of the molecule is CCN(c1ccc(NC(=O)c2cccc(C(F)(F)F)c2)cc1)S(=O)(=O)c1ccc(C)c(C(=O)OC)c1. The monoisotopic (exact) mass is 520 g/mol. The molecule has 0 fully saturated rings. The molecule has 0 heterocycles. The number of aryl methyl sites for hydroxylation is 1. The summed E-state index contributed by atoms with van der Waals surface area (Å²) in [5.74, 6) is -1.41. The van der Waals surface area contributed by atoms with Gasteiger partial charge < -0.3 is 10.1 Å². The molecule has 0 unspecified atom stereocenters. The topological polar surface area (TPSA) is 92.8 Å². The van der Waals surface area contributed by atoms with Crippen LogP contribution in [0.4, 0.5) is 24.5 Å². The number of hydrogen-bond donors (Lipinski definition) is 1. The van der Waals surface area contributed by atoms with Gasteiger partial charge in [-0.05, 0) is 74.0 Å². The van der Waals surface area contributed by atoms with E-state index >= 15 is 0 Å². The van der Waals surface area contributed by atoms with Gasteiger partial charge in [0.15, 0.2) is 0 Å². The number of ether oxygens (including phenoxy) is 1. The second-order valence-corrected chi connectivity index (χ2v) is 9.58. The molecule has 0 aromatic heterocycles. The average molecular weight is 521 g/mol. The summed E-state index contributed by atoms with van der Waals surface area (Å²) in [6, 6.07) is 14.0. The molecule has 1 N–H and O–H groups in total. The summed E-state index contributed by atoms with van der Waals surface area (Å²) in [6.45, 7) is 3.36. The number of methoxy groups -OCH3 is 1. The first kappa shape index (κ1) is 26.7. The van der Waals surface area contributed by atoms with Crippen LogP contribution in [0.15, 0.2) is 71.6 Å². The predicted molar refractivity (Wildman–Crippen MR) is 129 cm³/mol. The molecule has 0 saturated heterocycles. The highest BCUT2D eigenvalue weighted by atomic mass is 32.2.